The molecule has 0 bridgehead atoms. The van der Waals surface area contributed by atoms with Gasteiger partial charge in [0.05, 0.1) is 18.7 Å². The summed E-state index contributed by atoms with van der Waals surface area (Å²) in [4.78, 5) is 28.5. The predicted octanol–water partition coefficient (Wildman–Crippen LogP) is 5.02. The first-order valence-corrected chi connectivity index (χ1v) is 10.1. The Labute approximate surface area is 177 Å². The third-order valence-electron chi connectivity index (χ3n) is 3.67. The molecule has 0 fully saturated rings. The van der Waals surface area contributed by atoms with Gasteiger partial charge in [-0.1, -0.05) is 11.6 Å². The SMILES string of the molecule is CCOc1ccc(NC(=O)Cc2csc(NC(=O)Nc3ccc(Cl)cc3)n2)cc1. The van der Waals surface area contributed by atoms with Crippen LogP contribution in [-0.4, -0.2) is 23.5 Å². The predicted molar refractivity (Wildman–Crippen MR) is 116 cm³/mol. The molecule has 29 heavy (non-hydrogen) atoms. The fraction of sp³-hybridized carbons (Fsp3) is 0.150. The van der Waals surface area contributed by atoms with Crippen molar-refractivity contribution in [3.05, 3.63) is 64.6 Å². The minimum atomic E-state index is -0.424. The van der Waals surface area contributed by atoms with Crippen molar-refractivity contribution in [2.45, 2.75) is 13.3 Å². The Kier molecular flexibility index (Phi) is 7.04. The molecule has 0 unspecified atom stereocenters. The molecule has 3 aromatic rings. The molecule has 0 aliphatic rings. The van der Waals surface area contributed by atoms with Crippen molar-refractivity contribution in [2.24, 2.45) is 0 Å². The molecular weight excluding hydrogens is 412 g/mol. The fourth-order valence-corrected chi connectivity index (χ4v) is 3.24. The Morgan fingerprint density at radius 2 is 1.66 bits per heavy atom. The van der Waals surface area contributed by atoms with Crippen molar-refractivity contribution in [3.63, 3.8) is 0 Å². The zero-order chi connectivity index (χ0) is 20.6. The third-order valence-corrected chi connectivity index (χ3v) is 4.72. The topological polar surface area (TPSA) is 92.4 Å². The lowest BCUT2D eigenvalue weighted by atomic mass is 10.2. The van der Waals surface area contributed by atoms with Crippen LogP contribution in [0.5, 0.6) is 5.75 Å². The second-order valence-corrected chi connectivity index (χ2v) is 7.21. The first kappa shape index (κ1) is 20.6. The second-order valence-electron chi connectivity index (χ2n) is 5.91. The van der Waals surface area contributed by atoms with Crippen molar-refractivity contribution in [1.29, 1.82) is 0 Å². The lowest BCUT2D eigenvalue weighted by Crippen LogP contribution is -2.19. The summed E-state index contributed by atoms with van der Waals surface area (Å²) in [6.07, 6.45) is 0.101. The maximum absolute atomic E-state index is 12.2. The Morgan fingerprint density at radius 3 is 2.34 bits per heavy atom. The summed E-state index contributed by atoms with van der Waals surface area (Å²) in [6, 6.07) is 13.5. The number of rotatable bonds is 7. The van der Waals surface area contributed by atoms with Gasteiger partial charge in [0.25, 0.3) is 0 Å². The van der Waals surface area contributed by atoms with Crippen LogP contribution in [0.1, 0.15) is 12.6 Å². The number of hydrogen-bond acceptors (Lipinski definition) is 5. The number of carbonyl (C=O) groups is 2. The van der Waals surface area contributed by atoms with Crippen molar-refractivity contribution in [3.8, 4) is 5.75 Å². The van der Waals surface area contributed by atoms with E-state index in [1.54, 1.807) is 53.9 Å². The molecule has 0 radical (unpaired) electrons. The number of anilines is 3. The molecule has 3 rings (SSSR count). The summed E-state index contributed by atoms with van der Waals surface area (Å²) in [5.74, 6) is 0.550. The van der Waals surface area contributed by atoms with Crippen LogP contribution < -0.4 is 20.7 Å². The number of urea groups is 1. The van der Waals surface area contributed by atoms with E-state index in [2.05, 4.69) is 20.9 Å². The maximum Gasteiger partial charge on any atom is 0.325 e. The molecule has 7 nitrogen and oxygen atoms in total. The van der Waals surface area contributed by atoms with Gasteiger partial charge in [-0.2, -0.15) is 0 Å². The first-order chi connectivity index (χ1) is 14.0. The largest absolute Gasteiger partial charge is 0.494 e. The van der Waals surface area contributed by atoms with Crippen LogP contribution in [0.3, 0.4) is 0 Å². The summed E-state index contributed by atoms with van der Waals surface area (Å²) >= 11 is 7.06. The molecule has 0 spiro atoms. The van der Waals surface area contributed by atoms with Crippen LogP contribution >= 0.6 is 22.9 Å². The number of carbonyl (C=O) groups excluding carboxylic acids is 2. The van der Waals surface area contributed by atoms with Gasteiger partial charge >= 0.3 is 6.03 Å². The average Bonchev–Trinajstić information content (AvgIpc) is 3.12. The van der Waals surface area contributed by atoms with E-state index in [4.69, 9.17) is 16.3 Å². The van der Waals surface area contributed by atoms with Crippen molar-refractivity contribution in [2.75, 3.05) is 22.6 Å². The van der Waals surface area contributed by atoms with Crippen LogP contribution in [0.4, 0.5) is 21.3 Å². The van der Waals surface area contributed by atoms with E-state index in [-0.39, 0.29) is 12.3 Å². The molecule has 2 aromatic carbocycles. The smallest absolute Gasteiger partial charge is 0.325 e. The zero-order valence-corrected chi connectivity index (χ0v) is 17.1. The van der Waals surface area contributed by atoms with E-state index in [1.165, 1.54) is 11.3 Å². The highest BCUT2D eigenvalue weighted by Gasteiger charge is 2.10. The number of amides is 3. The van der Waals surface area contributed by atoms with Gasteiger partial charge in [-0.05, 0) is 55.5 Å². The lowest BCUT2D eigenvalue weighted by Gasteiger charge is -2.06. The molecule has 0 aliphatic carbocycles. The molecule has 0 saturated heterocycles. The number of benzene rings is 2. The Balaban J connectivity index is 1.49. The highest BCUT2D eigenvalue weighted by molar-refractivity contribution is 7.14. The molecular formula is C20H19ClN4O3S. The average molecular weight is 431 g/mol. The molecule has 3 amide bonds. The van der Waals surface area contributed by atoms with Crippen LogP contribution in [0, 0.1) is 0 Å². The molecule has 1 heterocycles. The highest BCUT2D eigenvalue weighted by Crippen LogP contribution is 2.19. The molecule has 0 atom stereocenters. The van der Waals surface area contributed by atoms with Gasteiger partial charge in [-0.25, -0.2) is 9.78 Å². The first-order valence-electron chi connectivity index (χ1n) is 8.82. The molecule has 0 saturated carbocycles. The van der Waals surface area contributed by atoms with Gasteiger partial charge in [0, 0.05) is 21.8 Å². The number of halogens is 1. The van der Waals surface area contributed by atoms with Gasteiger partial charge in [-0.3, -0.25) is 10.1 Å². The van der Waals surface area contributed by atoms with E-state index < -0.39 is 6.03 Å². The molecule has 0 aliphatic heterocycles. The fourth-order valence-electron chi connectivity index (χ4n) is 2.41. The number of ether oxygens (including phenoxy) is 1. The zero-order valence-electron chi connectivity index (χ0n) is 15.6. The van der Waals surface area contributed by atoms with Gasteiger partial charge in [0.1, 0.15) is 5.75 Å². The summed E-state index contributed by atoms with van der Waals surface area (Å²) in [5.41, 5.74) is 1.85. The standard InChI is InChI=1S/C20H19ClN4O3S/c1-2-28-17-9-7-14(8-10-17)22-18(26)11-16-12-29-20(24-16)25-19(27)23-15-5-3-13(21)4-6-15/h3-10,12H,2,11H2,1H3,(H,22,26)(H2,23,24,25,27). The maximum atomic E-state index is 12.2. The number of hydrogen-bond donors (Lipinski definition) is 3. The Bertz CT molecular complexity index is 974. The monoisotopic (exact) mass is 430 g/mol. The second kappa shape index (κ2) is 9.90. The van der Waals surface area contributed by atoms with E-state index in [0.717, 1.165) is 5.75 Å². The van der Waals surface area contributed by atoms with E-state index in [1.807, 2.05) is 6.92 Å². The van der Waals surface area contributed by atoms with Crippen LogP contribution in [0.2, 0.25) is 5.02 Å². The summed E-state index contributed by atoms with van der Waals surface area (Å²) in [7, 11) is 0. The summed E-state index contributed by atoms with van der Waals surface area (Å²) in [5, 5.41) is 10.9. The Morgan fingerprint density at radius 1 is 1.00 bits per heavy atom. The highest BCUT2D eigenvalue weighted by atomic mass is 35.5. The van der Waals surface area contributed by atoms with Gasteiger partial charge < -0.3 is 15.4 Å². The minimum Gasteiger partial charge on any atom is -0.494 e. The number of aromatic nitrogens is 1. The lowest BCUT2D eigenvalue weighted by molar-refractivity contribution is -0.115. The summed E-state index contributed by atoms with van der Waals surface area (Å²) in [6.45, 7) is 2.50. The Hall–Kier alpha value is -3.10. The van der Waals surface area contributed by atoms with E-state index in [9.17, 15) is 9.59 Å². The van der Waals surface area contributed by atoms with Crippen molar-refractivity contribution >= 4 is 51.4 Å². The van der Waals surface area contributed by atoms with Crippen molar-refractivity contribution in [1.82, 2.24) is 4.98 Å². The number of nitrogens with zero attached hydrogens (tertiary/aromatic N) is 1. The van der Waals surface area contributed by atoms with Crippen LogP contribution in [0.15, 0.2) is 53.9 Å². The third kappa shape index (κ3) is 6.48. The van der Waals surface area contributed by atoms with E-state index in [0.29, 0.717) is 33.8 Å². The molecule has 150 valence electrons. The van der Waals surface area contributed by atoms with Crippen molar-refractivity contribution < 1.29 is 14.3 Å². The number of nitrogens with one attached hydrogen (secondary N) is 3. The molecule has 9 heteroatoms. The van der Waals surface area contributed by atoms with Gasteiger partial charge in [-0.15, -0.1) is 11.3 Å². The quantitative estimate of drug-likeness (QED) is 0.490. The normalized spacial score (nSPS) is 10.3. The van der Waals surface area contributed by atoms with Gasteiger partial charge in [0.15, 0.2) is 5.13 Å². The van der Waals surface area contributed by atoms with Crippen LogP contribution in [-0.2, 0) is 11.2 Å². The number of thiazole rings is 1. The molecule has 3 N–H and O–H groups in total. The minimum absolute atomic E-state index is 0.101. The van der Waals surface area contributed by atoms with Gasteiger partial charge in [0.2, 0.25) is 5.91 Å². The van der Waals surface area contributed by atoms with E-state index >= 15 is 0 Å². The van der Waals surface area contributed by atoms with Crippen LogP contribution in [0.25, 0.3) is 0 Å². The summed E-state index contributed by atoms with van der Waals surface area (Å²) < 4.78 is 5.37. The molecule has 1 aromatic heterocycles.